The molecule has 4 heterocycles. The number of guanidine groups is 1. The second kappa shape index (κ2) is 3.11. The molecule has 4 rings (SSSR count). The zero-order valence-corrected chi connectivity index (χ0v) is 9.45. The Morgan fingerprint density at radius 3 is 2.73 bits per heavy atom. The molecule has 0 aromatic carbocycles. The Labute approximate surface area is 91.1 Å². The topological polar surface area (TPSA) is 44.9 Å². The Hall–Kier alpha value is -0.770. The van der Waals surface area contributed by atoms with E-state index in [1.807, 2.05) is 0 Å². The minimum absolute atomic E-state index is 0.259. The van der Waals surface area contributed by atoms with Crippen LogP contribution in [0, 0.1) is 5.92 Å². The summed E-state index contributed by atoms with van der Waals surface area (Å²) >= 11 is 0. The molecule has 0 radical (unpaired) electrons. The van der Waals surface area contributed by atoms with Crippen molar-refractivity contribution in [1.29, 1.82) is 0 Å². The monoisotopic (exact) mass is 208 g/mol. The number of fused-ring (bicyclic) bond motifs is 2. The van der Waals surface area contributed by atoms with E-state index in [4.69, 9.17) is 5.73 Å². The van der Waals surface area contributed by atoms with Crippen molar-refractivity contribution in [2.45, 2.75) is 25.3 Å². The van der Waals surface area contributed by atoms with Crippen molar-refractivity contribution < 1.29 is 0 Å². The molecule has 0 aliphatic carbocycles. The molecule has 4 heteroatoms. The molecule has 4 aliphatic heterocycles. The van der Waals surface area contributed by atoms with Crippen LogP contribution in [0.3, 0.4) is 0 Å². The van der Waals surface area contributed by atoms with E-state index >= 15 is 0 Å². The van der Waals surface area contributed by atoms with E-state index in [2.05, 4.69) is 21.7 Å². The summed E-state index contributed by atoms with van der Waals surface area (Å²) in [6, 6.07) is 0. The third-order valence-corrected chi connectivity index (χ3v) is 4.49. The van der Waals surface area contributed by atoms with Gasteiger partial charge in [0.15, 0.2) is 5.96 Å². The van der Waals surface area contributed by atoms with Crippen molar-refractivity contribution in [3.8, 4) is 0 Å². The molecule has 1 spiro atoms. The molecule has 2 bridgehead atoms. The van der Waals surface area contributed by atoms with Gasteiger partial charge in [-0.1, -0.05) is 0 Å². The lowest BCUT2D eigenvalue weighted by molar-refractivity contribution is -0.0270. The van der Waals surface area contributed by atoms with E-state index in [0.29, 0.717) is 0 Å². The summed E-state index contributed by atoms with van der Waals surface area (Å²) in [5.74, 6) is 1.58. The molecule has 0 saturated carbocycles. The highest BCUT2D eigenvalue weighted by atomic mass is 15.4. The highest BCUT2D eigenvalue weighted by Gasteiger charge is 2.52. The number of rotatable bonds is 1. The Morgan fingerprint density at radius 2 is 2.20 bits per heavy atom. The van der Waals surface area contributed by atoms with Gasteiger partial charge >= 0.3 is 0 Å². The lowest BCUT2D eigenvalue weighted by Gasteiger charge is -2.55. The normalized spacial score (nSPS) is 43.8. The molecule has 84 valence electrons. The number of nitrogens with two attached hydrogens (primary N) is 1. The molecule has 4 aliphatic rings. The standard InChI is InChI=1S/C11H20N4/c1-2-15-10(12)13-7-11(15)8-14-5-3-9(11)4-6-14/h9H,2-8H2,1H3,(H2,12,13). The van der Waals surface area contributed by atoms with Crippen LogP contribution in [-0.4, -0.2) is 54.0 Å². The molecule has 2 N–H and O–H groups in total. The van der Waals surface area contributed by atoms with Gasteiger partial charge in [0.2, 0.25) is 0 Å². The first kappa shape index (κ1) is 9.46. The number of hydrogen-bond acceptors (Lipinski definition) is 4. The van der Waals surface area contributed by atoms with E-state index in [1.165, 1.54) is 32.5 Å². The van der Waals surface area contributed by atoms with Gasteiger partial charge in [0.05, 0.1) is 12.1 Å². The van der Waals surface area contributed by atoms with Gasteiger partial charge in [-0.15, -0.1) is 0 Å². The van der Waals surface area contributed by atoms with Gasteiger partial charge in [-0.2, -0.15) is 0 Å². The van der Waals surface area contributed by atoms with Gasteiger partial charge in [0.1, 0.15) is 0 Å². The van der Waals surface area contributed by atoms with Crippen molar-refractivity contribution in [3.63, 3.8) is 0 Å². The molecule has 3 fully saturated rings. The van der Waals surface area contributed by atoms with Crippen molar-refractivity contribution in [1.82, 2.24) is 9.80 Å². The third-order valence-electron chi connectivity index (χ3n) is 4.49. The van der Waals surface area contributed by atoms with Crippen LogP contribution in [0.15, 0.2) is 4.99 Å². The second-order valence-electron chi connectivity index (χ2n) is 5.07. The molecule has 1 atom stereocenters. The predicted molar refractivity (Wildman–Crippen MR) is 60.8 cm³/mol. The third kappa shape index (κ3) is 1.14. The quantitative estimate of drug-likeness (QED) is 0.665. The second-order valence-corrected chi connectivity index (χ2v) is 5.07. The average Bonchev–Trinajstić information content (AvgIpc) is 2.57. The van der Waals surface area contributed by atoms with E-state index in [9.17, 15) is 0 Å². The smallest absolute Gasteiger partial charge is 0.191 e. The molecule has 4 nitrogen and oxygen atoms in total. The molecule has 3 saturated heterocycles. The Kier molecular flexibility index (Phi) is 1.96. The maximum absolute atomic E-state index is 5.98. The van der Waals surface area contributed by atoms with Crippen LogP contribution >= 0.6 is 0 Å². The molecule has 15 heavy (non-hydrogen) atoms. The van der Waals surface area contributed by atoms with Crippen LogP contribution in [0.5, 0.6) is 0 Å². The number of likely N-dealkylation sites (N-methyl/N-ethyl adjacent to an activating group) is 1. The predicted octanol–water partition coefficient (Wildman–Crippen LogP) is 0.101. The Bertz CT molecular complexity index is 293. The van der Waals surface area contributed by atoms with E-state index in [-0.39, 0.29) is 5.54 Å². The molecule has 0 aromatic rings. The zero-order valence-electron chi connectivity index (χ0n) is 9.45. The summed E-state index contributed by atoms with van der Waals surface area (Å²) in [6.07, 6.45) is 2.67. The van der Waals surface area contributed by atoms with Crippen molar-refractivity contribution in [2.75, 3.05) is 32.7 Å². The minimum Gasteiger partial charge on any atom is -0.370 e. The SMILES string of the molecule is CCN1C(N)=NCC12CN1CCC2CC1. The van der Waals surface area contributed by atoms with Crippen LogP contribution in [0.4, 0.5) is 0 Å². The lowest BCUT2D eigenvalue weighted by Crippen LogP contribution is -2.67. The molecular formula is C11H20N4. The highest BCUT2D eigenvalue weighted by molar-refractivity contribution is 5.81. The fourth-order valence-corrected chi connectivity index (χ4v) is 3.72. The highest BCUT2D eigenvalue weighted by Crippen LogP contribution is 2.41. The maximum atomic E-state index is 5.98. The summed E-state index contributed by atoms with van der Waals surface area (Å²) in [6.45, 7) is 7.85. The fourth-order valence-electron chi connectivity index (χ4n) is 3.72. The number of piperidine rings is 3. The summed E-state index contributed by atoms with van der Waals surface area (Å²) in [4.78, 5) is 9.41. The van der Waals surface area contributed by atoms with Gasteiger partial charge in [0.25, 0.3) is 0 Å². The van der Waals surface area contributed by atoms with E-state index in [0.717, 1.165) is 25.0 Å². The van der Waals surface area contributed by atoms with Crippen molar-refractivity contribution in [2.24, 2.45) is 16.6 Å². The first-order chi connectivity index (χ1) is 7.26. The van der Waals surface area contributed by atoms with Crippen LogP contribution < -0.4 is 5.73 Å². The summed E-state index contributed by atoms with van der Waals surface area (Å²) in [5, 5.41) is 0. The van der Waals surface area contributed by atoms with E-state index < -0.39 is 0 Å². The van der Waals surface area contributed by atoms with E-state index in [1.54, 1.807) is 0 Å². The summed E-state index contributed by atoms with van der Waals surface area (Å²) in [5.41, 5.74) is 6.24. The lowest BCUT2D eigenvalue weighted by atomic mass is 9.72. The minimum atomic E-state index is 0.259. The molecule has 1 unspecified atom stereocenters. The van der Waals surface area contributed by atoms with Gasteiger partial charge < -0.3 is 15.5 Å². The van der Waals surface area contributed by atoms with Crippen LogP contribution in [-0.2, 0) is 0 Å². The molecule has 0 amide bonds. The number of aliphatic imine (C=N–C) groups is 1. The largest absolute Gasteiger partial charge is 0.370 e. The van der Waals surface area contributed by atoms with Gasteiger partial charge in [-0.3, -0.25) is 4.99 Å². The first-order valence-corrected chi connectivity index (χ1v) is 6.06. The van der Waals surface area contributed by atoms with Crippen LogP contribution in [0.2, 0.25) is 0 Å². The maximum Gasteiger partial charge on any atom is 0.191 e. The zero-order chi connectivity index (χ0) is 10.5. The Morgan fingerprint density at radius 1 is 1.47 bits per heavy atom. The fraction of sp³-hybridized carbons (Fsp3) is 0.909. The van der Waals surface area contributed by atoms with Crippen LogP contribution in [0.1, 0.15) is 19.8 Å². The average molecular weight is 208 g/mol. The van der Waals surface area contributed by atoms with Gasteiger partial charge in [0, 0.05) is 13.1 Å². The van der Waals surface area contributed by atoms with Gasteiger partial charge in [-0.25, -0.2) is 0 Å². The Balaban J connectivity index is 1.91. The van der Waals surface area contributed by atoms with Crippen molar-refractivity contribution >= 4 is 5.96 Å². The molecular weight excluding hydrogens is 188 g/mol. The summed E-state index contributed by atoms with van der Waals surface area (Å²) < 4.78 is 0. The number of hydrogen-bond donors (Lipinski definition) is 1. The first-order valence-electron chi connectivity index (χ1n) is 6.06. The van der Waals surface area contributed by atoms with Crippen molar-refractivity contribution in [3.05, 3.63) is 0 Å². The molecule has 0 aromatic heterocycles. The van der Waals surface area contributed by atoms with Crippen LogP contribution in [0.25, 0.3) is 0 Å². The van der Waals surface area contributed by atoms with Gasteiger partial charge in [-0.05, 0) is 38.8 Å². The summed E-state index contributed by atoms with van der Waals surface area (Å²) in [7, 11) is 0. The number of nitrogens with zero attached hydrogens (tertiary/aromatic N) is 3.